The highest BCUT2D eigenvalue weighted by molar-refractivity contribution is 6.30. The number of carbonyl (C=O) groups is 1. The van der Waals surface area contributed by atoms with Crippen molar-refractivity contribution in [2.45, 2.75) is 24.4 Å². The third-order valence-corrected chi connectivity index (χ3v) is 7.52. The molecule has 0 bridgehead atoms. The standard InChI is InChI=1S/C28H28ClN7O2/c1-36-13-9-28(10-14-36,27-32-25(34-35-27)18-7-11-30-12-8-18)33-21-4-2-3-19(15-21)26(37)31-23-17-38-24-6-5-20(29)16-22(23)24/h2-8,11-12,15-16,23,33H,9-10,13-14,17H2,1H3,(H,31,37)(H,32,34,35)/t23-/m0/s1. The van der Waals surface area contributed by atoms with Crippen LogP contribution in [0.4, 0.5) is 5.69 Å². The van der Waals surface area contributed by atoms with Gasteiger partial charge in [-0.3, -0.25) is 14.9 Å². The third kappa shape index (κ3) is 4.82. The van der Waals surface area contributed by atoms with E-state index in [1.807, 2.05) is 48.5 Å². The van der Waals surface area contributed by atoms with E-state index >= 15 is 0 Å². The van der Waals surface area contributed by atoms with Gasteiger partial charge in [0, 0.05) is 52.9 Å². The summed E-state index contributed by atoms with van der Waals surface area (Å²) >= 11 is 6.17. The van der Waals surface area contributed by atoms with Gasteiger partial charge in [0.25, 0.3) is 5.91 Å². The number of hydrogen-bond acceptors (Lipinski definition) is 7. The van der Waals surface area contributed by atoms with Crippen LogP contribution in [0.1, 0.15) is 40.6 Å². The van der Waals surface area contributed by atoms with Crippen LogP contribution in [0.5, 0.6) is 5.75 Å². The minimum Gasteiger partial charge on any atom is -0.491 e. The summed E-state index contributed by atoms with van der Waals surface area (Å²) < 4.78 is 5.72. The molecule has 0 aliphatic carbocycles. The number of anilines is 1. The Balaban J connectivity index is 1.24. The van der Waals surface area contributed by atoms with E-state index in [0.29, 0.717) is 23.0 Å². The van der Waals surface area contributed by atoms with Gasteiger partial charge in [-0.05, 0) is 68.4 Å². The number of nitrogens with zero attached hydrogens (tertiary/aromatic N) is 4. The maximum absolute atomic E-state index is 13.2. The van der Waals surface area contributed by atoms with Crippen molar-refractivity contribution in [1.29, 1.82) is 0 Å². The summed E-state index contributed by atoms with van der Waals surface area (Å²) in [7, 11) is 2.12. The van der Waals surface area contributed by atoms with Crippen molar-refractivity contribution in [2.75, 3.05) is 32.1 Å². The predicted molar refractivity (Wildman–Crippen MR) is 145 cm³/mol. The van der Waals surface area contributed by atoms with Crippen LogP contribution >= 0.6 is 11.6 Å². The molecule has 0 spiro atoms. The summed E-state index contributed by atoms with van der Waals surface area (Å²) in [5.74, 6) is 1.99. The molecule has 2 aromatic heterocycles. The van der Waals surface area contributed by atoms with E-state index in [2.05, 4.69) is 37.8 Å². The first-order valence-corrected chi connectivity index (χ1v) is 13.0. The molecule has 2 aliphatic heterocycles. The molecule has 1 fully saturated rings. The summed E-state index contributed by atoms with van der Waals surface area (Å²) in [4.78, 5) is 24.5. The minimum absolute atomic E-state index is 0.174. The van der Waals surface area contributed by atoms with Gasteiger partial charge in [-0.1, -0.05) is 17.7 Å². The van der Waals surface area contributed by atoms with Crippen LogP contribution < -0.4 is 15.4 Å². The van der Waals surface area contributed by atoms with E-state index in [9.17, 15) is 4.79 Å². The number of ether oxygens (including phenoxy) is 1. The molecule has 0 unspecified atom stereocenters. The van der Waals surface area contributed by atoms with Crippen molar-refractivity contribution in [3.63, 3.8) is 0 Å². The normalized spacial score (nSPS) is 18.4. The molecule has 1 saturated heterocycles. The van der Waals surface area contributed by atoms with Gasteiger partial charge in [0.1, 0.15) is 12.4 Å². The summed E-state index contributed by atoms with van der Waals surface area (Å²) in [6.07, 6.45) is 5.14. The second-order valence-electron chi connectivity index (χ2n) is 9.85. The maximum atomic E-state index is 13.2. The highest BCUT2D eigenvalue weighted by Gasteiger charge is 2.39. The Morgan fingerprint density at radius 3 is 2.76 bits per heavy atom. The fraction of sp³-hybridized carbons (Fsp3) is 0.286. The molecule has 6 rings (SSSR count). The Hall–Kier alpha value is -3.95. The molecule has 2 aliphatic rings. The highest BCUT2D eigenvalue weighted by Crippen LogP contribution is 2.36. The zero-order valence-electron chi connectivity index (χ0n) is 20.9. The fourth-order valence-corrected chi connectivity index (χ4v) is 5.27. The molecule has 0 saturated carbocycles. The Morgan fingerprint density at radius 2 is 1.95 bits per heavy atom. The topological polar surface area (TPSA) is 108 Å². The number of piperidine rings is 1. The number of aromatic nitrogens is 4. The highest BCUT2D eigenvalue weighted by atomic mass is 35.5. The van der Waals surface area contributed by atoms with E-state index in [4.69, 9.17) is 21.3 Å². The van der Waals surface area contributed by atoms with Gasteiger partial charge >= 0.3 is 0 Å². The Kier molecular flexibility index (Phi) is 6.47. The van der Waals surface area contributed by atoms with E-state index < -0.39 is 5.54 Å². The number of nitrogens with one attached hydrogen (secondary N) is 3. The largest absolute Gasteiger partial charge is 0.491 e. The maximum Gasteiger partial charge on any atom is 0.251 e. The zero-order valence-corrected chi connectivity index (χ0v) is 21.7. The van der Waals surface area contributed by atoms with Crippen molar-refractivity contribution in [3.8, 4) is 17.1 Å². The number of carbonyl (C=O) groups excluding carboxylic acids is 1. The summed E-state index contributed by atoms with van der Waals surface area (Å²) in [5.41, 5.74) is 2.75. The fourth-order valence-electron chi connectivity index (χ4n) is 5.09. The average Bonchev–Trinajstić information content (AvgIpc) is 3.59. The number of hydrogen-bond donors (Lipinski definition) is 3. The van der Waals surface area contributed by atoms with E-state index in [1.165, 1.54) is 0 Å². The first-order chi connectivity index (χ1) is 18.5. The molecule has 9 nitrogen and oxygen atoms in total. The number of aromatic amines is 1. The average molecular weight is 530 g/mol. The lowest BCUT2D eigenvalue weighted by molar-refractivity contribution is 0.0930. The lowest BCUT2D eigenvalue weighted by Gasteiger charge is -2.40. The van der Waals surface area contributed by atoms with Crippen molar-refractivity contribution in [1.82, 2.24) is 30.4 Å². The van der Waals surface area contributed by atoms with Gasteiger partial charge in [0.15, 0.2) is 11.6 Å². The van der Waals surface area contributed by atoms with Crippen LogP contribution in [-0.4, -0.2) is 57.7 Å². The second kappa shape index (κ2) is 10.1. The molecule has 10 heteroatoms. The van der Waals surface area contributed by atoms with Gasteiger partial charge in [0.05, 0.1) is 11.6 Å². The predicted octanol–water partition coefficient (Wildman–Crippen LogP) is 4.42. The molecule has 4 heterocycles. The van der Waals surface area contributed by atoms with Gasteiger partial charge in [-0.25, -0.2) is 4.98 Å². The quantitative estimate of drug-likeness (QED) is 0.339. The molecule has 0 radical (unpaired) electrons. The molecule has 3 N–H and O–H groups in total. The van der Waals surface area contributed by atoms with Gasteiger partial charge in [-0.15, -0.1) is 0 Å². The van der Waals surface area contributed by atoms with Gasteiger partial charge < -0.3 is 20.3 Å². The van der Waals surface area contributed by atoms with E-state index in [1.54, 1.807) is 18.5 Å². The molecular weight excluding hydrogens is 502 g/mol. The number of amides is 1. The number of H-pyrrole nitrogens is 1. The third-order valence-electron chi connectivity index (χ3n) is 7.28. The van der Waals surface area contributed by atoms with Crippen molar-refractivity contribution < 1.29 is 9.53 Å². The Bertz CT molecular complexity index is 1450. The first-order valence-electron chi connectivity index (χ1n) is 12.6. The molecule has 1 atom stereocenters. The van der Waals surface area contributed by atoms with Gasteiger partial charge in [-0.2, -0.15) is 5.10 Å². The first kappa shape index (κ1) is 24.4. The number of pyridine rings is 1. The van der Waals surface area contributed by atoms with Gasteiger partial charge in [0.2, 0.25) is 0 Å². The Morgan fingerprint density at radius 1 is 1.13 bits per heavy atom. The molecule has 38 heavy (non-hydrogen) atoms. The molecule has 194 valence electrons. The van der Waals surface area contributed by atoms with Crippen molar-refractivity contribution in [2.24, 2.45) is 0 Å². The molecule has 2 aromatic carbocycles. The van der Waals surface area contributed by atoms with Crippen LogP contribution in [0.3, 0.4) is 0 Å². The monoisotopic (exact) mass is 529 g/mol. The Labute approximate surface area is 225 Å². The second-order valence-corrected chi connectivity index (χ2v) is 10.3. The summed E-state index contributed by atoms with van der Waals surface area (Å²) in [5, 5.41) is 15.1. The van der Waals surface area contributed by atoms with Crippen molar-refractivity contribution >= 4 is 23.2 Å². The number of likely N-dealkylation sites (tertiary alicyclic amines) is 1. The van der Waals surface area contributed by atoms with Crippen LogP contribution in [0.2, 0.25) is 5.02 Å². The minimum atomic E-state index is -0.450. The number of rotatable bonds is 6. The van der Waals surface area contributed by atoms with E-state index in [0.717, 1.165) is 54.3 Å². The van der Waals surface area contributed by atoms with Crippen molar-refractivity contribution in [3.05, 3.63) is 89.0 Å². The van der Waals surface area contributed by atoms with Crippen LogP contribution in [-0.2, 0) is 5.54 Å². The number of halogens is 1. The van der Waals surface area contributed by atoms with Crippen LogP contribution in [0.15, 0.2) is 67.0 Å². The molecular formula is C28H28ClN7O2. The van der Waals surface area contributed by atoms with Crippen LogP contribution in [0.25, 0.3) is 11.4 Å². The summed E-state index contributed by atoms with van der Waals surface area (Å²) in [6, 6.07) is 16.5. The lowest BCUT2D eigenvalue weighted by Crippen LogP contribution is -2.46. The summed E-state index contributed by atoms with van der Waals surface area (Å²) in [6.45, 7) is 2.19. The number of benzene rings is 2. The molecule has 4 aromatic rings. The lowest BCUT2D eigenvalue weighted by atomic mass is 9.86. The van der Waals surface area contributed by atoms with E-state index in [-0.39, 0.29) is 11.9 Å². The number of fused-ring (bicyclic) bond motifs is 1. The smallest absolute Gasteiger partial charge is 0.251 e. The molecule has 1 amide bonds. The SMILES string of the molecule is CN1CCC(Nc2cccc(C(=O)N[C@H]3COc4ccc(Cl)cc43)c2)(c2nc(-c3ccncc3)n[nH]2)CC1. The van der Waals surface area contributed by atoms with Crippen LogP contribution in [0, 0.1) is 0 Å². The zero-order chi connectivity index (χ0) is 26.1.